The Kier molecular flexibility index (Phi) is 6.74. The molecule has 0 aliphatic carbocycles. The molecule has 0 saturated carbocycles. The standard InChI is InChI=1S/C25H25N3O4S/c1-16-20(25(31)28-11-9-22-18(14-28)10-12-33-22)3-2-4-21(16)27-24(30)15-32-19-7-5-17(6-8-19)13-23(26)29/h2-8,10,12H,9,11,13-15H2,1H3,(H2,26,29)(H,27,30). The van der Waals surface area contributed by atoms with E-state index in [1.165, 1.54) is 10.4 Å². The van der Waals surface area contributed by atoms with Crippen LogP contribution in [0.2, 0.25) is 0 Å². The lowest BCUT2D eigenvalue weighted by Crippen LogP contribution is -2.35. The average molecular weight is 464 g/mol. The highest BCUT2D eigenvalue weighted by molar-refractivity contribution is 7.10. The summed E-state index contributed by atoms with van der Waals surface area (Å²) in [5, 5.41) is 4.90. The van der Waals surface area contributed by atoms with E-state index in [2.05, 4.69) is 16.8 Å². The van der Waals surface area contributed by atoms with Crippen LogP contribution in [0.15, 0.2) is 53.9 Å². The number of hydrogen-bond donors (Lipinski definition) is 2. The lowest BCUT2D eigenvalue weighted by atomic mass is 10.0. The number of carbonyl (C=O) groups is 3. The second kappa shape index (κ2) is 9.87. The maximum Gasteiger partial charge on any atom is 0.262 e. The van der Waals surface area contributed by atoms with Gasteiger partial charge in [0.15, 0.2) is 6.61 Å². The highest BCUT2D eigenvalue weighted by Gasteiger charge is 2.24. The van der Waals surface area contributed by atoms with Crippen LogP contribution in [0.5, 0.6) is 5.75 Å². The molecule has 0 spiro atoms. The number of fused-ring (bicyclic) bond motifs is 1. The minimum absolute atomic E-state index is 0.0345. The first-order chi connectivity index (χ1) is 15.9. The Balaban J connectivity index is 1.37. The van der Waals surface area contributed by atoms with Crippen molar-refractivity contribution in [3.63, 3.8) is 0 Å². The van der Waals surface area contributed by atoms with Gasteiger partial charge in [-0.2, -0.15) is 0 Å². The number of ether oxygens (including phenoxy) is 1. The van der Waals surface area contributed by atoms with Gasteiger partial charge in [0.25, 0.3) is 11.8 Å². The lowest BCUT2D eigenvalue weighted by molar-refractivity contribution is -0.118. The Morgan fingerprint density at radius 2 is 1.91 bits per heavy atom. The third-order valence-electron chi connectivity index (χ3n) is 5.60. The second-order valence-electron chi connectivity index (χ2n) is 7.95. The summed E-state index contributed by atoms with van der Waals surface area (Å²) in [7, 11) is 0. The van der Waals surface area contributed by atoms with Crippen molar-refractivity contribution in [1.82, 2.24) is 4.90 Å². The molecule has 1 aromatic heterocycles. The van der Waals surface area contributed by atoms with E-state index < -0.39 is 5.91 Å². The Morgan fingerprint density at radius 3 is 2.67 bits per heavy atom. The van der Waals surface area contributed by atoms with E-state index in [1.54, 1.807) is 53.8 Å². The molecule has 33 heavy (non-hydrogen) atoms. The fraction of sp³-hybridized carbons (Fsp3) is 0.240. The molecule has 0 atom stereocenters. The van der Waals surface area contributed by atoms with Crippen LogP contribution in [0.1, 0.15) is 31.9 Å². The van der Waals surface area contributed by atoms with E-state index in [-0.39, 0.29) is 24.8 Å². The smallest absolute Gasteiger partial charge is 0.262 e. The zero-order chi connectivity index (χ0) is 23.4. The molecule has 8 heteroatoms. The minimum atomic E-state index is -0.407. The van der Waals surface area contributed by atoms with Crippen molar-refractivity contribution in [3.8, 4) is 5.75 Å². The summed E-state index contributed by atoms with van der Waals surface area (Å²) in [6.07, 6.45) is 1.02. The number of hydrogen-bond acceptors (Lipinski definition) is 5. The summed E-state index contributed by atoms with van der Waals surface area (Å²) in [5.74, 6) is -0.259. The quantitative estimate of drug-likeness (QED) is 0.561. The van der Waals surface area contributed by atoms with Crippen LogP contribution >= 0.6 is 11.3 Å². The SMILES string of the molecule is Cc1c(NC(=O)COc2ccc(CC(N)=O)cc2)cccc1C(=O)N1CCc2sccc2C1. The van der Waals surface area contributed by atoms with Crippen LogP contribution in [-0.2, 0) is 29.0 Å². The molecule has 3 aromatic rings. The molecule has 4 rings (SSSR count). The molecule has 170 valence electrons. The van der Waals surface area contributed by atoms with Crippen molar-refractivity contribution in [2.24, 2.45) is 5.73 Å². The number of nitrogens with zero attached hydrogens (tertiary/aromatic N) is 1. The maximum atomic E-state index is 13.2. The molecule has 2 aromatic carbocycles. The third kappa shape index (κ3) is 5.40. The van der Waals surface area contributed by atoms with Crippen molar-refractivity contribution in [3.05, 3.63) is 81.0 Å². The summed E-state index contributed by atoms with van der Waals surface area (Å²) < 4.78 is 5.54. The van der Waals surface area contributed by atoms with Crippen LogP contribution in [0, 0.1) is 6.92 Å². The topological polar surface area (TPSA) is 102 Å². The Morgan fingerprint density at radius 1 is 1.12 bits per heavy atom. The zero-order valence-electron chi connectivity index (χ0n) is 18.3. The molecule has 3 amide bonds. The molecule has 1 aliphatic heterocycles. The van der Waals surface area contributed by atoms with Crippen LogP contribution < -0.4 is 15.8 Å². The largest absolute Gasteiger partial charge is 0.484 e. The van der Waals surface area contributed by atoms with Gasteiger partial charge in [0.1, 0.15) is 5.75 Å². The number of benzene rings is 2. The van der Waals surface area contributed by atoms with E-state index in [9.17, 15) is 14.4 Å². The van der Waals surface area contributed by atoms with Crippen LogP contribution in [-0.4, -0.2) is 35.8 Å². The number of nitrogens with one attached hydrogen (secondary N) is 1. The van der Waals surface area contributed by atoms with E-state index in [0.29, 0.717) is 30.1 Å². The normalized spacial score (nSPS) is 12.7. The number of primary amides is 1. The fourth-order valence-corrected chi connectivity index (χ4v) is 4.72. The van der Waals surface area contributed by atoms with Gasteiger partial charge >= 0.3 is 0 Å². The van der Waals surface area contributed by atoms with E-state index in [4.69, 9.17) is 10.5 Å². The van der Waals surface area contributed by atoms with Gasteiger partial charge in [0.2, 0.25) is 5.91 Å². The van der Waals surface area contributed by atoms with Crippen molar-refractivity contribution >= 4 is 34.7 Å². The molecule has 3 N–H and O–H groups in total. The fourth-order valence-electron chi connectivity index (χ4n) is 3.83. The van der Waals surface area contributed by atoms with Gasteiger partial charge in [0, 0.05) is 29.2 Å². The second-order valence-corrected chi connectivity index (χ2v) is 8.95. The first kappa shape index (κ1) is 22.5. The van der Waals surface area contributed by atoms with Gasteiger partial charge in [-0.3, -0.25) is 14.4 Å². The van der Waals surface area contributed by atoms with Crippen molar-refractivity contribution in [1.29, 1.82) is 0 Å². The summed E-state index contributed by atoms with van der Waals surface area (Å²) in [6, 6.07) is 14.3. The number of nitrogens with two attached hydrogens (primary N) is 1. The van der Waals surface area contributed by atoms with E-state index in [0.717, 1.165) is 17.5 Å². The Bertz CT molecular complexity index is 1190. The van der Waals surface area contributed by atoms with Crippen LogP contribution in [0.3, 0.4) is 0 Å². The molecule has 0 bridgehead atoms. The van der Waals surface area contributed by atoms with E-state index >= 15 is 0 Å². The molecular formula is C25H25N3O4S. The number of carbonyl (C=O) groups excluding carboxylic acids is 3. The summed E-state index contributed by atoms with van der Waals surface area (Å²) >= 11 is 1.74. The molecule has 1 aliphatic rings. The molecule has 2 heterocycles. The van der Waals surface area contributed by atoms with Gasteiger partial charge in [-0.25, -0.2) is 0 Å². The van der Waals surface area contributed by atoms with Crippen molar-refractivity contribution in [2.75, 3.05) is 18.5 Å². The van der Waals surface area contributed by atoms with Crippen LogP contribution in [0.25, 0.3) is 0 Å². The predicted molar refractivity (Wildman–Crippen MR) is 127 cm³/mol. The van der Waals surface area contributed by atoms with Gasteiger partial charge in [-0.05, 0) is 65.7 Å². The number of thiophene rings is 1. The zero-order valence-corrected chi connectivity index (χ0v) is 19.1. The highest BCUT2D eigenvalue weighted by atomic mass is 32.1. The number of rotatable bonds is 7. The van der Waals surface area contributed by atoms with Crippen LogP contribution in [0.4, 0.5) is 5.69 Å². The number of amides is 3. The molecule has 7 nitrogen and oxygen atoms in total. The first-order valence-corrected chi connectivity index (χ1v) is 11.5. The first-order valence-electron chi connectivity index (χ1n) is 10.6. The molecular weight excluding hydrogens is 438 g/mol. The lowest BCUT2D eigenvalue weighted by Gasteiger charge is -2.28. The summed E-state index contributed by atoms with van der Waals surface area (Å²) in [4.78, 5) is 39.8. The summed E-state index contributed by atoms with van der Waals surface area (Å²) in [6.45, 7) is 2.95. The maximum absolute atomic E-state index is 13.2. The monoisotopic (exact) mass is 463 g/mol. The summed E-state index contributed by atoms with van der Waals surface area (Å²) in [5.41, 5.74) is 9.06. The molecule has 0 saturated heterocycles. The van der Waals surface area contributed by atoms with Gasteiger partial charge in [0.05, 0.1) is 6.42 Å². The Hall–Kier alpha value is -3.65. The van der Waals surface area contributed by atoms with Crippen molar-refractivity contribution < 1.29 is 19.1 Å². The predicted octanol–water partition coefficient (Wildman–Crippen LogP) is 3.30. The van der Waals surface area contributed by atoms with Gasteiger partial charge < -0.3 is 20.7 Å². The average Bonchev–Trinajstić information content (AvgIpc) is 3.27. The Labute approximate surface area is 196 Å². The van der Waals surface area contributed by atoms with Gasteiger partial charge in [-0.1, -0.05) is 18.2 Å². The van der Waals surface area contributed by atoms with Crippen molar-refractivity contribution in [2.45, 2.75) is 26.3 Å². The number of anilines is 1. The molecule has 0 unspecified atom stereocenters. The van der Waals surface area contributed by atoms with E-state index in [1.807, 2.05) is 11.8 Å². The molecule has 0 fully saturated rings. The molecule has 0 radical (unpaired) electrons. The van der Waals surface area contributed by atoms with Gasteiger partial charge in [-0.15, -0.1) is 11.3 Å². The highest BCUT2D eigenvalue weighted by Crippen LogP contribution is 2.27. The third-order valence-corrected chi connectivity index (χ3v) is 6.63. The minimum Gasteiger partial charge on any atom is -0.484 e.